The van der Waals surface area contributed by atoms with E-state index in [-0.39, 0.29) is 0 Å². The zero-order valence-corrected chi connectivity index (χ0v) is 11.8. The standard InChI is InChI=1S/C15H23NS/c1-15(2)8-6-11(10-15)16-13-4-3-5-14-12(13)7-9-17-14/h7,9,11,13,16H,3-6,8,10H2,1-2H3. The molecule has 94 valence electrons. The van der Waals surface area contributed by atoms with Gasteiger partial charge in [-0.05, 0) is 60.9 Å². The fourth-order valence-electron chi connectivity index (χ4n) is 3.52. The molecule has 3 rings (SSSR count). The fraction of sp³-hybridized carbons (Fsp3) is 0.733. The van der Waals surface area contributed by atoms with Crippen LogP contribution in [0.5, 0.6) is 0 Å². The van der Waals surface area contributed by atoms with Crippen LogP contribution in [-0.2, 0) is 6.42 Å². The Bertz CT molecular complexity index is 393. The first-order chi connectivity index (χ1) is 8.14. The minimum Gasteiger partial charge on any atom is -0.307 e. The minimum atomic E-state index is 0.559. The lowest BCUT2D eigenvalue weighted by Crippen LogP contribution is -2.33. The van der Waals surface area contributed by atoms with Crippen LogP contribution < -0.4 is 5.32 Å². The molecule has 17 heavy (non-hydrogen) atoms. The van der Waals surface area contributed by atoms with Crippen molar-refractivity contribution in [3.05, 3.63) is 21.9 Å². The highest BCUT2D eigenvalue weighted by molar-refractivity contribution is 7.10. The average Bonchev–Trinajstić information content (AvgIpc) is 2.85. The van der Waals surface area contributed by atoms with Crippen LogP contribution in [-0.4, -0.2) is 6.04 Å². The van der Waals surface area contributed by atoms with Crippen LogP contribution in [0.25, 0.3) is 0 Å². The van der Waals surface area contributed by atoms with Crippen LogP contribution in [0.2, 0.25) is 0 Å². The lowest BCUT2D eigenvalue weighted by atomic mass is 9.90. The molecule has 0 saturated heterocycles. The summed E-state index contributed by atoms with van der Waals surface area (Å²) in [5.41, 5.74) is 2.16. The van der Waals surface area contributed by atoms with Crippen molar-refractivity contribution >= 4 is 11.3 Å². The van der Waals surface area contributed by atoms with Crippen molar-refractivity contribution < 1.29 is 0 Å². The summed E-state index contributed by atoms with van der Waals surface area (Å²) in [7, 11) is 0. The first kappa shape index (κ1) is 11.7. The molecule has 1 saturated carbocycles. The van der Waals surface area contributed by atoms with Crippen molar-refractivity contribution in [3.8, 4) is 0 Å². The molecule has 2 aliphatic carbocycles. The Kier molecular flexibility index (Phi) is 3.04. The molecule has 1 heterocycles. The molecule has 2 atom stereocenters. The van der Waals surface area contributed by atoms with E-state index in [0.29, 0.717) is 11.5 Å². The number of hydrogen-bond acceptors (Lipinski definition) is 2. The molecule has 1 N–H and O–H groups in total. The molecular formula is C15H23NS. The molecule has 2 heteroatoms. The van der Waals surface area contributed by atoms with E-state index in [2.05, 4.69) is 30.6 Å². The zero-order chi connectivity index (χ0) is 11.9. The van der Waals surface area contributed by atoms with Crippen molar-refractivity contribution in [1.29, 1.82) is 0 Å². The maximum Gasteiger partial charge on any atom is 0.0333 e. The van der Waals surface area contributed by atoms with E-state index in [1.165, 1.54) is 38.5 Å². The van der Waals surface area contributed by atoms with Gasteiger partial charge in [-0.2, -0.15) is 0 Å². The highest BCUT2D eigenvalue weighted by Gasteiger charge is 2.33. The van der Waals surface area contributed by atoms with Crippen LogP contribution in [0.1, 0.15) is 62.4 Å². The van der Waals surface area contributed by atoms with Crippen LogP contribution in [0.3, 0.4) is 0 Å². The second-order valence-electron chi connectivity index (χ2n) is 6.51. The van der Waals surface area contributed by atoms with E-state index in [1.54, 1.807) is 10.4 Å². The molecule has 2 unspecified atom stereocenters. The molecule has 1 aromatic heterocycles. The Morgan fingerprint density at radius 2 is 2.24 bits per heavy atom. The second kappa shape index (κ2) is 4.40. The molecule has 1 fully saturated rings. The van der Waals surface area contributed by atoms with E-state index in [9.17, 15) is 0 Å². The third-order valence-corrected chi connectivity index (χ3v) is 5.45. The monoisotopic (exact) mass is 249 g/mol. The number of thiophene rings is 1. The van der Waals surface area contributed by atoms with E-state index < -0.39 is 0 Å². The van der Waals surface area contributed by atoms with Gasteiger partial charge >= 0.3 is 0 Å². The number of nitrogens with one attached hydrogen (secondary N) is 1. The first-order valence-electron chi connectivity index (χ1n) is 6.96. The molecule has 2 aliphatic rings. The largest absolute Gasteiger partial charge is 0.307 e. The van der Waals surface area contributed by atoms with Gasteiger partial charge in [-0.25, -0.2) is 0 Å². The van der Waals surface area contributed by atoms with E-state index in [4.69, 9.17) is 0 Å². The van der Waals surface area contributed by atoms with Crippen molar-refractivity contribution in [1.82, 2.24) is 5.32 Å². The van der Waals surface area contributed by atoms with Crippen LogP contribution in [0, 0.1) is 5.41 Å². The van der Waals surface area contributed by atoms with E-state index >= 15 is 0 Å². The third-order valence-electron chi connectivity index (χ3n) is 4.46. The van der Waals surface area contributed by atoms with Crippen LogP contribution in [0.4, 0.5) is 0 Å². The lowest BCUT2D eigenvalue weighted by Gasteiger charge is -2.28. The van der Waals surface area contributed by atoms with Gasteiger partial charge in [0.1, 0.15) is 0 Å². The smallest absolute Gasteiger partial charge is 0.0333 e. The number of hydrogen-bond donors (Lipinski definition) is 1. The molecule has 0 spiro atoms. The highest BCUT2D eigenvalue weighted by Crippen LogP contribution is 2.40. The third kappa shape index (κ3) is 2.43. The van der Waals surface area contributed by atoms with E-state index in [0.717, 1.165) is 6.04 Å². The quantitative estimate of drug-likeness (QED) is 0.824. The lowest BCUT2D eigenvalue weighted by molar-refractivity contribution is 0.343. The van der Waals surface area contributed by atoms with Crippen molar-refractivity contribution in [2.24, 2.45) is 5.41 Å². The van der Waals surface area contributed by atoms with Gasteiger partial charge in [0.25, 0.3) is 0 Å². The number of fused-ring (bicyclic) bond motifs is 1. The Hall–Kier alpha value is -0.340. The Labute approximate surface area is 109 Å². The summed E-state index contributed by atoms with van der Waals surface area (Å²) < 4.78 is 0. The van der Waals surface area contributed by atoms with Gasteiger partial charge < -0.3 is 5.32 Å². The minimum absolute atomic E-state index is 0.559. The van der Waals surface area contributed by atoms with Crippen molar-refractivity contribution in [2.45, 2.75) is 64.5 Å². The van der Waals surface area contributed by atoms with Crippen LogP contribution >= 0.6 is 11.3 Å². The molecule has 0 aliphatic heterocycles. The maximum absolute atomic E-state index is 3.92. The molecule has 0 amide bonds. The highest BCUT2D eigenvalue weighted by atomic mass is 32.1. The van der Waals surface area contributed by atoms with Crippen molar-refractivity contribution in [2.75, 3.05) is 0 Å². The summed E-state index contributed by atoms with van der Waals surface area (Å²) in [5.74, 6) is 0. The summed E-state index contributed by atoms with van der Waals surface area (Å²) in [6.45, 7) is 4.82. The Morgan fingerprint density at radius 3 is 3.00 bits per heavy atom. The summed E-state index contributed by atoms with van der Waals surface area (Å²) in [6.07, 6.45) is 8.10. The van der Waals surface area contributed by atoms with Gasteiger partial charge in [-0.3, -0.25) is 0 Å². The average molecular weight is 249 g/mol. The predicted octanol–water partition coefficient (Wildman–Crippen LogP) is 4.29. The summed E-state index contributed by atoms with van der Waals surface area (Å²) in [4.78, 5) is 1.63. The number of rotatable bonds is 2. The van der Waals surface area contributed by atoms with Crippen molar-refractivity contribution in [3.63, 3.8) is 0 Å². The summed E-state index contributed by atoms with van der Waals surface area (Å²) in [6, 6.07) is 3.74. The van der Waals surface area contributed by atoms with E-state index in [1.807, 2.05) is 11.3 Å². The Balaban J connectivity index is 1.68. The maximum atomic E-state index is 3.92. The fourth-order valence-corrected chi connectivity index (χ4v) is 4.51. The van der Waals surface area contributed by atoms with Gasteiger partial charge in [0, 0.05) is 17.0 Å². The normalized spacial score (nSPS) is 31.4. The van der Waals surface area contributed by atoms with Gasteiger partial charge in [0.15, 0.2) is 0 Å². The topological polar surface area (TPSA) is 12.0 Å². The van der Waals surface area contributed by atoms with Crippen LogP contribution in [0.15, 0.2) is 11.4 Å². The second-order valence-corrected chi connectivity index (χ2v) is 7.52. The summed E-state index contributed by atoms with van der Waals surface area (Å²) >= 11 is 1.95. The van der Waals surface area contributed by atoms with Gasteiger partial charge in [-0.1, -0.05) is 13.8 Å². The predicted molar refractivity (Wildman–Crippen MR) is 74.6 cm³/mol. The van der Waals surface area contributed by atoms with Gasteiger partial charge in [0.2, 0.25) is 0 Å². The summed E-state index contributed by atoms with van der Waals surface area (Å²) in [5, 5.41) is 6.19. The molecule has 0 aromatic carbocycles. The van der Waals surface area contributed by atoms with Gasteiger partial charge in [-0.15, -0.1) is 11.3 Å². The SMILES string of the molecule is CC1(C)CCC(NC2CCCc3sccc32)C1. The molecule has 0 bridgehead atoms. The Morgan fingerprint density at radius 1 is 1.35 bits per heavy atom. The number of aryl methyl sites for hydroxylation is 1. The molecule has 0 radical (unpaired) electrons. The molecular weight excluding hydrogens is 226 g/mol. The first-order valence-corrected chi connectivity index (χ1v) is 7.84. The molecule has 1 nitrogen and oxygen atoms in total. The molecule has 1 aromatic rings. The zero-order valence-electron chi connectivity index (χ0n) is 11.0. The van der Waals surface area contributed by atoms with Gasteiger partial charge in [0.05, 0.1) is 0 Å².